The molecule has 6 heteroatoms. The Bertz CT molecular complexity index is 768. The molecule has 1 aromatic carbocycles. The van der Waals surface area contributed by atoms with Crippen molar-refractivity contribution >= 4 is 23.5 Å². The predicted molar refractivity (Wildman–Crippen MR) is 105 cm³/mol. The number of anilines is 1. The standard InChI is InChI=1S/C22H28N2O4/c1-13(22-10-14-7-15(11-22)9-16(8-14)12-22)23-19(25)20(26)24-18-6-4-3-5-17(18)21(27)28-2/h3-6,13-16H,7-12H2,1-2H3,(H,23,25)(H,24,26). The lowest BCUT2D eigenvalue weighted by Gasteiger charge is -2.59. The van der Waals surface area contributed by atoms with Crippen molar-refractivity contribution in [3.63, 3.8) is 0 Å². The zero-order valence-electron chi connectivity index (χ0n) is 16.5. The van der Waals surface area contributed by atoms with E-state index < -0.39 is 17.8 Å². The van der Waals surface area contributed by atoms with Crippen LogP contribution in [0, 0.1) is 23.2 Å². The van der Waals surface area contributed by atoms with Crippen LogP contribution in [-0.4, -0.2) is 30.9 Å². The summed E-state index contributed by atoms with van der Waals surface area (Å²) in [6.45, 7) is 2.04. The average Bonchev–Trinajstić information content (AvgIpc) is 2.66. The van der Waals surface area contributed by atoms with E-state index in [1.54, 1.807) is 24.3 Å². The Morgan fingerprint density at radius 1 is 1.00 bits per heavy atom. The molecule has 4 fully saturated rings. The second-order valence-electron chi connectivity index (χ2n) is 8.97. The second-order valence-corrected chi connectivity index (χ2v) is 8.97. The van der Waals surface area contributed by atoms with Gasteiger partial charge in [-0.2, -0.15) is 0 Å². The van der Waals surface area contributed by atoms with Crippen molar-refractivity contribution in [3.05, 3.63) is 29.8 Å². The first-order valence-corrected chi connectivity index (χ1v) is 10.2. The number of nitrogens with one attached hydrogen (secondary N) is 2. The first kappa shape index (κ1) is 19.0. The summed E-state index contributed by atoms with van der Waals surface area (Å²) in [5.74, 6) is 0.387. The van der Waals surface area contributed by atoms with E-state index in [0.29, 0.717) is 0 Å². The van der Waals surface area contributed by atoms with Crippen LogP contribution in [0.5, 0.6) is 0 Å². The smallest absolute Gasteiger partial charge is 0.339 e. The maximum absolute atomic E-state index is 12.6. The number of carbonyl (C=O) groups excluding carboxylic acids is 3. The van der Waals surface area contributed by atoms with E-state index in [2.05, 4.69) is 10.6 Å². The molecule has 1 unspecified atom stereocenters. The van der Waals surface area contributed by atoms with Gasteiger partial charge in [-0.15, -0.1) is 0 Å². The minimum atomic E-state index is -0.757. The Morgan fingerprint density at radius 2 is 1.57 bits per heavy atom. The molecule has 2 N–H and O–H groups in total. The van der Waals surface area contributed by atoms with Crippen LogP contribution in [0.1, 0.15) is 55.8 Å². The third-order valence-electron chi connectivity index (χ3n) is 7.14. The van der Waals surface area contributed by atoms with Gasteiger partial charge in [0.15, 0.2) is 0 Å². The quantitative estimate of drug-likeness (QED) is 0.617. The molecule has 4 saturated carbocycles. The third kappa shape index (κ3) is 3.40. The molecule has 4 bridgehead atoms. The molecule has 1 atom stereocenters. The number of amides is 2. The molecule has 28 heavy (non-hydrogen) atoms. The van der Waals surface area contributed by atoms with Gasteiger partial charge in [0.1, 0.15) is 0 Å². The van der Waals surface area contributed by atoms with Crippen molar-refractivity contribution in [2.75, 3.05) is 12.4 Å². The normalized spacial score (nSPS) is 31.1. The Labute approximate surface area is 165 Å². The summed E-state index contributed by atoms with van der Waals surface area (Å²) >= 11 is 0. The number of hydrogen-bond donors (Lipinski definition) is 2. The van der Waals surface area contributed by atoms with E-state index in [-0.39, 0.29) is 22.7 Å². The second kappa shape index (κ2) is 7.22. The van der Waals surface area contributed by atoms with Gasteiger partial charge in [-0.25, -0.2) is 4.79 Å². The molecule has 6 nitrogen and oxygen atoms in total. The van der Waals surface area contributed by atoms with Crippen molar-refractivity contribution in [2.24, 2.45) is 23.2 Å². The Kier molecular flexibility index (Phi) is 4.89. The van der Waals surface area contributed by atoms with E-state index in [1.165, 1.54) is 26.4 Å². The van der Waals surface area contributed by atoms with Gasteiger partial charge in [0.05, 0.1) is 18.4 Å². The van der Waals surface area contributed by atoms with Gasteiger partial charge < -0.3 is 15.4 Å². The molecule has 0 aromatic heterocycles. The highest BCUT2D eigenvalue weighted by Gasteiger charge is 2.53. The summed E-state index contributed by atoms with van der Waals surface area (Å²) in [7, 11) is 1.28. The number of ether oxygens (including phenoxy) is 1. The van der Waals surface area contributed by atoms with Gasteiger partial charge in [0, 0.05) is 6.04 Å². The van der Waals surface area contributed by atoms with Gasteiger partial charge in [0.25, 0.3) is 0 Å². The van der Waals surface area contributed by atoms with E-state index in [1.807, 2.05) is 6.92 Å². The van der Waals surface area contributed by atoms with Crippen molar-refractivity contribution < 1.29 is 19.1 Å². The Balaban J connectivity index is 1.42. The van der Waals surface area contributed by atoms with Crippen molar-refractivity contribution in [1.82, 2.24) is 5.32 Å². The summed E-state index contributed by atoms with van der Waals surface area (Å²) in [5, 5.41) is 5.51. The van der Waals surface area contributed by atoms with Crippen LogP contribution in [0.15, 0.2) is 24.3 Å². The lowest BCUT2D eigenvalue weighted by molar-refractivity contribution is -0.138. The molecule has 0 saturated heterocycles. The number of hydrogen-bond acceptors (Lipinski definition) is 4. The number of carbonyl (C=O) groups is 3. The van der Waals surface area contributed by atoms with Crippen LogP contribution in [0.3, 0.4) is 0 Å². The van der Waals surface area contributed by atoms with Gasteiger partial charge in [-0.1, -0.05) is 12.1 Å². The number of para-hydroxylation sites is 1. The van der Waals surface area contributed by atoms with E-state index in [4.69, 9.17) is 4.74 Å². The van der Waals surface area contributed by atoms with Crippen molar-refractivity contribution in [1.29, 1.82) is 0 Å². The van der Waals surface area contributed by atoms with Gasteiger partial charge in [-0.3, -0.25) is 9.59 Å². The first-order valence-electron chi connectivity index (χ1n) is 10.2. The summed E-state index contributed by atoms with van der Waals surface area (Å²) < 4.78 is 4.73. The fourth-order valence-corrected chi connectivity index (χ4v) is 6.18. The summed E-state index contributed by atoms with van der Waals surface area (Å²) in [4.78, 5) is 36.9. The van der Waals surface area contributed by atoms with Crippen LogP contribution < -0.4 is 10.6 Å². The van der Waals surface area contributed by atoms with Crippen LogP contribution >= 0.6 is 0 Å². The van der Waals surface area contributed by atoms with Crippen LogP contribution in [0.4, 0.5) is 5.69 Å². The number of methoxy groups -OCH3 is 1. The Morgan fingerprint density at radius 3 is 2.14 bits per heavy atom. The van der Waals surface area contributed by atoms with E-state index in [9.17, 15) is 14.4 Å². The summed E-state index contributed by atoms with van der Waals surface area (Å²) in [5.41, 5.74) is 0.631. The zero-order chi connectivity index (χ0) is 19.9. The number of esters is 1. The van der Waals surface area contributed by atoms with Gasteiger partial charge in [-0.05, 0) is 80.8 Å². The molecule has 5 rings (SSSR count). The fourth-order valence-electron chi connectivity index (χ4n) is 6.18. The summed E-state index contributed by atoms with van der Waals surface area (Å²) in [6, 6.07) is 6.47. The molecule has 0 spiro atoms. The molecule has 4 aliphatic carbocycles. The maximum atomic E-state index is 12.6. The first-order chi connectivity index (χ1) is 13.4. The summed E-state index contributed by atoms with van der Waals surface area (Å²) in [6.07, 6.45) is 7.49. The molecule has 150 valence electrons. The largest absolute Gasteiger partial charge is 0.465 e. The lowest BCUT2D eigenvalue weighted by Crippen LogP contribution is -2.57. The van der Waals surface area contributed by atoms with Crippen LogP contribution in [-0.2, 0) is 14.3 Å². The van der Waals surface area contributed by atoms with E-state index in [0.717, 1.165) is 37.0 Å². The lowest BCUT2D eigenvalue weighted by atomic mass is 9.48. The monoisotopic (exact) mass is 384 g/mol. The minimum absolute atomic E-state index is 0.0324. The molecule has 2 amide bonds. The molecule has 0 aliphatic heterocycles. The molecule has 1 aromatic rings. The molecular formula is C22H28N2O4. The fraction of sp³-hybridized carbons (Fsp3) is 0.591. The third-order valence-corrected chi connectivity index (χ3v) is 7.14. The molecule has 0 radical (unpaired) electrons. The Hall–Kier alpha value is -2.37. The predicted octanol–water partition coefficient (Wildman–Crippen LogP) is 3.13. The maximum Gasteiger partial charge on any atom is 0.339 e. The van der Waals surface area contributed by atoms with Gasteiger partial charge >= 0.3 is 17.8 Å². The number of benzene rings is 1. The van der Waals surface area contributed by atoms with Crippen molar-refractivity contribution in [2.45, 2.75) is 51.5 Å². The van der Waals surface area contributed by atoms with Gasteiger partial charge in [0.2, 0.25) is 0 Å². The molecule has 0 heterocycles. The van der Waals surface area contributed by atoms with Crippen LogP contribution in [0.2, 0.25) is 0 Å². The number of rotatable bonds is 4. The highest BCUT2D eigenvalue weighted by molar-refractivity contribution is 6.40. The van der Waals surface area contributed by atoms with E-state index >= 15 is 0 Å². The molecule has 4 aliphatic rings. The zero-order valence-corrected chi connectivity index (χ0v) is 16.5. The highest BCUT2D eigenvalue weighted by atomic mass is 16.5. The van der Waals surface area contributed by atoms with Crippen molar-refractivity contribution in [3.8, 4) is 0 Å². The van der Waals surface area contributed by atoms with Crippen LogP contribution in [0.25, 0.3) is 0 Å². The average molecular weight is 384 g/mol. The highest BCUT2D eigenvalue weighted by Crippen LogP contribution is 2.61. The topological polar surface area (TPSA) is 84.5 Å². The SMILES string of the molecule is COC(=O)c1ccccc1NC(=O)C(=O)NC(C)C12CC3CC(CC(C3)C1)C2. The minimum Gasteiger partial charge on any atom is -0.465 e. The molecular weight excluding hydrogens is 356 g/mol.